The summed E-state index contributed by atoms with van der Waals surface area (Å²) in [4.78, 5) is 11.3. The number of ether oxygens (including phenoxy) is 1. The van der Waals surface area contributed by atoms with Gasteiger partial charge in [-0.1, -0.05) is 62.1 Å². The first-order chi connectivity index (χ1) is 18.1. The largest absolute Gasteiger partial charge is 0.469 e. The fourth-order valence-electron chi connectivity index (χ4n) is 4.48. The van der Waals surface area contributed by atoms with Gasteiger partial charge in [0.1, 0.15) is 0 Å². The van der Waals surface area contributed by atoms with Gasteiger partial charge in [-0.2, -0.15) is 26.3 Å². The first-order valence-electron chi connectivity index (χ1n) is 12.4. The fourth-order valence-corrected chi connectivity index (χ4v) is 4.48. The molecule has 0 unspecified atom stereocenters. The van der Waals surface area contributed by atoms with Gasteiger partial charge in [0, 0.05) is 17.4 Å². The van der Waals surface area contributed by atoms with Gasteiger partial charge in [-0.25, -0.2) is 0 Å². The average Bonchev–Trinajstić information content (AvgIpc) is 2.86. The lowest BCUT2D eigenvalue weighted by Crippen LogP contribution is -2.55. The summed E-state index contributed by atoms with van der Waals surface area (Å²) in [5.74, 6) is 5.70. The van der Waals surface area contributed by atoms with Gasteiger partial charge in [-0.3, -0.25) is 4.79 Å². The van der Waals surface area contributed by atoms with Crippen molar-refractivity contribution in [1.82, 2.24) is 0 Å². The molecule has 0 heterocycles. The Labute approximate surface area is 224 Å². The Balaban J connectivity index is 2.45. The molecule has 2 rings (SSSR count). The summed E-state index contributed by atoms with van der Waals surface area (Å²) in [6, 6.07) is 10.8. The number of alkyl halides is 6. The summed E-state index contributed by atoms with van der Waals surface area (Å²) in [6.45, 7) is 7.54. The summed E-state index contributed by atoms with van der Waals surface area (Å²) < 4.78 is 82.9. The molecule has 0 aliphatic heterocycles. The number of hydrogen-bond donors (Lipinski definition) is 1. The van der Waals surface area contributed by atoms with Crippen molar-refractivity contribution in [2.45, 2.75) is 76.7 Å². The Morgan fingerprint density at radius 1 is 0.923 bits per heavy atom. The van der Waals surface area contributed by atoms with Gasteiger partial charge in [-0.15, -0.1) is 0 Å². The number of esters is 1. The number of carbonyl (C=O) groups is 1. The average molecular weight is 555 g/mol. The molecular formula is C30H32F6O3. The van der Waals surface area contributed by atoms with E-state index in [2.05, 4.69) is 16.6 Å². The molecule has 212 valence electrons. The molecule has 0 bridgehead atoms. The Morgan fingerprint density at radius 3 is 1.92 bits per heavy atom. The highest BCUT2D eigenvalue weighted by molar-refractivity contribution is 5.69. The Bertz CT molecular complexity index is 1240. The van der Waals surface area contributed by atoms with Crippen LogP contribution in [0.5, 0.6) is 0 Å². The molecule has 0 amide bonds. The smallest absolute Gasteiger partial charge is 0.430 e. The molecule has 39 heavy (non-hydrogen) atoms. The SMILES string of the molecule is CCC(CC)(c1ccc(C#CCCC(=O)OC)c(C)c1)c1ccc(C=CC(O)(C(F)(F)F)C(F)(F)F)c(C)c1. The lowest BCUT2D eigenvalue weighted by Gasteiger charge is -2.34. The number of methoxy groups -OCH3 is 1. The number of benzene rings is 2. The maximum Gasteiger partial charge on any atom is 0.430 e. The molecule has 2 aromatic carbocycles. The summed E-state index contributed by atoms with van der Waals surface area (Å²) in [6.07, 6.45) is -9.52. The summed E-state index contributed by atoms with van der Waals surface area (Å²) in [7, 11) is 1.32. The summed E-state index contributed by atoms with van der Waals surface area (Å²) in [5.41, 5.74) is -1.23. The number of carbonyl (C=O) groups excluding carboxylic acids is 1. The van der Waals surface area contributed by atoms with E-state index in [0.29, 0.717) is 30.9 Å². The second-order valence-electron chi connectivity index (χ2n) is 9.36. The first-order valence-corrected chi connectivity index (χ1v) is 12.4. The second kappa shape index (κ2) is 12.3. The van der Waals surface area contributed by atoms with E-state index in [-0.39, 0.29) is 24.0 Å². The topological polar surface area (TPSA) is 46.5 Å². The minimum atomic E-state index is -5.93. The van der Waals surface area contributed by atoms with Gasteiger partial charge in [0.05, 0.1) is 13.5 Å². The van der Waals surface area contributed by atoms with E-state index in [1.54, 1.807) is 19.1 Å². The Kier molecular flexibility index (Phi) is 10.1. The van der Waals surface area contributed by atoms with Crippen molar-refractivity contribution >= 4 is 12.0 Å². The molecule has 2 aromatic rings. The molecule has 0 aromatic heterocycles. The third-order valence-electron chi connectivity index (χ3n) is 7.08. The van der Waals surface area contributed by atoms with Crippen LogP contribution in [0.4, 0.5) is 26.3 Å². The van der Waals surface area contributed by atoms with Crippen LogP contribution in [0, 0.1) is 25.7 Å². The van der Waals surface area contributed by atoms with Gasteiger partial charge in [-0.05, 0) is 66.6 Å². The van der Waals surface area contributed by atoms with Crippen LogP contribution in [0.25, 0.3) is 6.08 Å². The van der Waals surface area contributed by atoms with E-state index >= 15 is 0 Å². The van der Waals surface area contributed by atoms with Gasteiger partial charge >= 0.3 is 18.3 Å². The number of aryl methyl sites for hydroxylation is 2. The quantitative estimate of drug-likeness (QED) is 0.208. The molecule has 9 heteroatoms. The molecule has 0 saturated heterocycles. The highest BCUT2D eigenvalue weighted by Crippen LogP contribution is 2.45. The minimum absolute atomic E-state index is 0.125. The lowest BCUT2D eigenvalue weighted by atomic mass is 9.69. The Hall–Kier alpha value is -3.25. The molecule has 0 radical (unpaired) electrons. The van der Waals surface area contributed by atoms with Crippen LogP contribution < -0.4 is 0 Å². The maximum atomic E-state index is 13.0. The predicted octanol–water partition coefficient (Wildman–Crippen LogP) is 7.58. The van der Waals surface area contributed by atoms with Crippen molar-refractivity contribution in [2.24, 2.45) is 0 Å². The monoisotopic (exact) mass is 554 g/mol. The van der Waals surface area contributed by atoms with Crippen LogP contribution in [0.2, 0.25) is 0 Å². The van der Waals surface area contributed by atoms with Gasteiger partial charge in [0.2, 0.25) is 0 Å². The number of aliphatic hydroxyl groups is 1. The minimum Gasteiger partial charge on any atom is -0.469 e. The fraction of sp³-hybridized carbons (Fsp3) is 0.433. The van der Waals surface area contributed by atoms with Crippen LogP contribution in [0.1, 0.15) is 72.9 Å². The zero-order valence-corrected chi connectivity index (χ0v) is 22.5. The van der Waals surface area contributed by atoms with Crippen molar-refractivity contribution in [3.63, 3.8) is 0 Å². The summed E-state index contributed by atoms with van der Waals surface area (Å²) in [5, 5.41) is 9.43. The molecule has 0 fully saturated rings. The van der Waals surface area contributed by atoms with E-state index < -0.39 is 23.4 Å². The zero-order chi connectivity index (χ0) is 29.6. The van der Waals surface area contributed by atoms with Crippen molar-refractivity contribution in [1.29, 1.82) is 0 Å². The molecule has 0 saturated carbocycles. The van der Waals surface area contributed by atoms with Crippen LogP contribution in [0.3, 0.4) is 0 Å². The normalized spacial score (nSPS) is 12.8. The third kappa shape index (κ3) is 6.85. The van der Waals surface area contributed by atoms with E-state index in [1.807, 2.05) is 39.0 Å². The van der Waals surface area contributed by atoms with Crippen LogP contribution in [0.15, 0.2) is 42.5 Å². The van der Waals surface area contributed by atoms with Crippen molar-refractivity contribution in [2.75, 3.05) is 7.11 Å². The molecule has 0 atom stereocenters. The predicted molar refractivity (Wildman–Crippen MR) is 138 cm³/mol. The zero-order valence-electron chi connectivity index (χ0n) is 22.5. The molecule has 1 N–H and O–H groups in total. The van der Waals surface area contributed by atoms with Crippen molar-refractivity contribution in [3.05, 3.63) is 75.9 Å². The van der Waals surface area contributed by atoms with Gasteiger partial charge in [0.25, 0.3) is 5.60 Å². The first kappa shape index (κ1) is 32.0. The van der Waals surface area contributed by atoms with E-state index in [9.17, 15) is 36.2 Å². The highest BCUT2D eigenvalue weighted by Gasteiger charge is 2.68. The maximum absolute atomic E-state index is 13.0. The van der Waals surface area contributed by atoms with Gasteiger partial charge < -0.3 is 9.84 Å². The molecule has 0 aliphatic carbocycles. The van der Waals surface area contributed by atoms with Gasteiger partial charge in [0.15, 0.2) is 0 Å². The van der Waals surface area contributed by atoms with E-state index in [0.717, 1.165) is 22.3 Å². The van der Waals surface area contributed by atoms with E-state index in [4.69, 9.17) is 0 Å². The number of hydrogen-bond acceptors (Lipinski definition) is 3. The lowest BCUT2D eigenvalue weighted by molar-refractivity contribution is -0.347. The molecular weight excluding hydrogens is 522 g/mol. The van der Waals surface area contributed by atoms with Crippen LogP contribution in [-0.2, 0) is 14.9 Å². The Morgan fingerprint density at radius 2 is 1.46 bits per heavy atom. The standard InChI is InChI=1S/C30H32F6O3/c1-6-27(7-2,24-14-12-22(20(3)18-24)10-8-9-11-26(37)39-5)25-15-13-23(21(4)19-25)16-17-28(38,29(31,32)33)30(34,35)36/h12-19,38H,6-7,9,11H2,1-5H3. The van der Waals surface area contributed by atoms with E-state index in [1.165, 1.54) is 13.2 Å². The van der Waals surface area contributed by atoms with Crippen molar-refractivity contribution in [3.8, 4) is 11.8 Å². The van der Waals surface area contributed by atoms with Crippen LogP contribution in [-0.4, -0.2) is 36.1 Å². The number of halogens is 6. The second-order valence-corrected chi connectivity index (χ2v) is 9.36. The summed E-state index contributed by atoms with van der Waals surface area (Å²) >= 11 is 0. The highest BCUT2D eigenvalue weighted by atomic mass is 19.4. The molecule has 0 aliphatic rings. The third-order valence-corrected chi connectivity index (χ3v) is 7.08. The molecule has 3 nitrogen and oxygen atoms in total. The van der Waals surface area contributed by atoms with Crippen LogP contribution >= 0.6 is 0 Å². The molecule has 0 spiro atoms. The van der Waals surface area contributed by atoms with Crippen molar-refractivity contribution < 1.29 is 41.0 Å². The number of rotatable bonds is 8.